The van der Waals surface area contributed by atoms with Crippen LogP contribution in [-0.4, -0.2) is 6.61 Å². The Morgan fingerprint density at radius 3 is 1.83 bits per heavy atom. The number of hydrogen-bond acceptors (Lipinski definition) is 1. The second kappa shape index (κ2) is 11.3. The van der Waals surface area contributed by atoms with Crippen LogP contribution in [0.4, 0.5) is 13.2 Å². The topological polar surface area (TPSA) is 9.23 Å². The molecule has 0 aromatic heterocycles. The quantitative estimate of drug-likeness (QED) is 0.220. The fourth-order valence-corrected chi connectivity index (χ4v) is 4.22. The van der Waals surface area contributed by atoms with Crippen LogP contribution >= 0.6 is 0 Å². The summed E-state index contributed by atoms with van der Waals surface area (Å²) < 4.78 is 49.0. The van der Waals surface area contributed by atoms with Gasteiger partial charge in [0.25, 0.3) is 0 Å². The minimum Gasteiger partial charge on any atom is -0.491 e. The van der Waals surface area contributed by atoms with Crippen molar-refractivity contribution < 1.29 is 17.9 Å². The molecule has 0 saturated heterocycles. The van der Waals surface area contributed by atoms with E-state index in [2.05, 4.69) is 19.1 Å². The summed E-state index contributed by atoms with van der Waals surface area (Å²) in [7, 11) is 0. The molecule has 0 unspecified atom stereocenters. The molecule has 0 N–H and O–H groups in total. The van der Waals surface area contributed by atoms with Crippen molar-refractivity contribution in [2.24, 2.45) is 0 Å². The summed E-state index contributed by atoms with van der Waals surface area (Å²) >= 11 is 0. The second-order valence-corrected chi connectivity index (χ2v) is 8.60. The van der Waals surface area contributed by atoms with Gasteiger partial charge in [0.2, 0.25) is 5.82 Å². The van der Waals surface area contributed by atoms with Gasteiger partial charge in [0.1, 0.15) is 5.82 Å². The Bertz CT molecular complexity index is 1280. The summed E-state index contributed by atoms with van der Waals surface area (Å²) in [6, 6.07) is 23.2. The predicted octanol–water partition coefficient (Wildman–Crippen LogP) is 9.24. The minimum absolute atomic E-state index is 0.112. The maximum atomic E-state index is 15.0. The third-order valence-electron chi connectivity index (χ3n) is 6.18. The van der Waals surface area contributed by atoms with Crippen molar-refractivity contribution in [3.05, 3.63) is 102 Å². The first-order chi connectivity index (χ1) is 17.0. The van der Waals surface area contributed by atoms with Gasteiger partial charge in [-0.15, -0.1) is 0 Å². The molecule has 4 aromatic rings. The molecular weight excluding hydrogens is 445 g/mol. The second-order valence-electron chi connectivity index (χ2n) is 8.60. The Kier molecular flexibility index (Phi) is 7.91. The van der Waals surface area contributed by atoms with Crippen LogP contribution in [0, 0.1) is 17.5 Å². The van der Waals surface area contributed by atoms with Crippen molar-refractivity contribution in [3.63, 3.8) is 0 Å². The van der Waals surface area contributed by atoms with Crippen molar-refractivity contribution in [1.29, 1.82) is 0 Å². The van der Waals surface area contributed by atoms with Crippen LogP contribution in [0.25, 0.3) is 33.4 Å². The fraction of sp³-hybridized carbons (Fsp3) is 0.226. The summed E-state index contributed by atoms with van der Waals surface area (Å²) in [5, 5.41) is 0. The molecule has 1 nitrogen and oxygen atoms in total. The van der Waals surface area contributed by atoms with Crippen LogP contribution < -0.4 is 4.74 Å². The SMILES string of the molecule is CCCCCc1ccc(-c2ccc(-c3ccc(-c4ccc(OCC)c(F)c4F)cc3)c(F)c2)cc1. The number of ether oxygens (including phenoxy) is 1. The molecule has 0 aliphatic carbocycles. The van der Waals surface area contributed by atoms with Gasteiger partial charge < -0.3 is 4.74 Å². The fourth-order valence-electron chi connectivity index (χ4n) is 4.22. The molecule has 0 aliphatic rings. The molecule has 0 amide bonds. The van der Waals surface area contributed by atoms with E-state index in [4.69, 9.17) is 4.74 Å². The number of aryl methyl sites for hydroxylation is 1. The third-order valence-corrected chi connectivity index (χ3v) is 6.18. The number of hydrogen-bond donors (Lipinski definition) is 0. The molecule has 35 heavy (non-hydrogen) atoms. The van der Waals surface area contributed by atoms with Crippen LogP contribution in [0.3, 0.4) is 0 Å². The van der Waals surface area contributed by atoms with E-state index in [0.29, 0.717) is 16.7 Å². The van der Waals surface area contributed by atoms with Crippen molar-refractivity contribution in [3.8, 4) is 39.1 Å². The van der Waals surface area contributed by atoms with Crippen molar-refractivity contribution in [2.75, 3.05) is 6.61 Å². The van der Waals surface area contributed by atoms with Crippen LogP contribution in [0.5, 0.6) is 5.75 Å². The van der Waals surface area contributed by atoms with E-state index in [1.165, 1.54) is 43.0 Å². The zero-order valence-corrected chi connectivity index (χ0v) is 20.1. The molecule has 0 aliphatic heterocycles. The Labute approximate surface area is 205 Å². The van der Waals surface area contributed by atoms with Crippen LogP contribution in [0.1, 0.15) is 38.7 Å². The molecule has 0 heterocycles. The molecule has 0 bridgehead atoms. The lowest BCUT2D eigenvalue weighted by Gasteiger charge is -2.11. The number of benzene rings is 4. The van der Waals surface area contributed by atoms with Crippen LogP contribution in [0.2, 0.25) is 0 Å². The summed E-state index contributed by atoms with van der Waals surface area (Å²) in [6.45, 7) is 4.15. The zero-order chi connectivity index (χ0) is 24.8. The van der Waals surface area contributed by atoms with E-state index in [-0.39, 0.29) is 23.7 Å². The first-order valence-electron chi connectivity index (χ1n) is 12.1. The standard InChI is InChI=1S/C31H29F3O/c1-3-5-6-7-21-8-10-22(11-9-21)25-16-17-26(28(32)20-25)23-12-14-24(15-13-23)27-18-19-29(35-4-2)31(34)30(27)33/h8-20H,3-7H2,1-2H3. The minimum atomic E-state index is -1.01. The highest BCUT2D eigenvalue weighted by Crippen LogP contribution is 2.33. The third kappa shape index (κ3) is 5.59. The van der Waals surface area contributed by atoms with E-state index in [0.717, 1.165) is 17.5 Å². The van der Waals surface area contributed by atoms with E-state index in [9.17, 15) is 8.78 Å². The Morgan fingerprint density at radius 2 is 1.20 bits per heavy atom. The van der Waals surface area contributed by atoms with E-state index < -0.39 is 11.6 Å². The normalized spacial score (nSPS) is 11.0. The average molecular weight is 475 g/mol. The van der Waals surface area contributed by atoms with Crippen molar-refractivity contribution in [1.82, 2.24) is 0 Å². The highest BCUT2D eigenvalue weighted by atomic mass is 19.2. The first kappa shape index (κ1) is 24.6. The molecule has 0 fully saturated rings. The van der Waals surface area contributed by atoms with Gasteiger partial charge >= 0.3 is 0 Å². The maximum absolute atomic E-state index is 15.0. The largest absolute Gasteiger partial charge is 0.491 e. The average Bonchev–Trinajstić information content (AvgIpc) is 2.88. The molecule has 180 valence electrons. The lowest BCUT2D eigenvalue weighted by Crippen LogP contribution is -1.98. The first-order valence-corrected chi connectivity index (χ1v) is 12.1. The number of unbranched alkanes of at least 4 members (excludes halogenated alkanes) is 2. The van der Waals surface area contributed by atoms with Gasteiger partial charge in [-0.25, -0.2) is 8.78 Å². The Hall–Kier alpha value is -3.53. The summed E-state index contributed by atoms with van der Waals surface area (Å²) in [5.41, 5.74) is 4.83. The lowest BCUT2D eigenvalue weighted by molar-refractivity contribution is 0.314. The molecule has 4 aromatic carbocycles. The van der Waals surface area contributed by atoms with Gasteiger partial charge in [-0.2, -0.15) is 4.39 Å². The smallest absolute Gasteiger partial charge is 0.201 e. The van der Waals surface area contributed by atoms with E-state index in [1.54, 1.807) is 37.3 Å². The summed E-state index contributed by atoms with van der Waals surface area (Å²) in [6.07, 6.45) is 4.66. The monoisotopic (exact) mass is 474 g/mol. The maximum Gasteiger partial charge on any atom is 0.201 e. The van der Waals surface area contributed by atoms with E-state index >= 15 is 4.39 Å². The lowest BCUT2D eigenvalue weighted by atomic mass is 9.96. The molecule has 4 rings (SSSR count). The van der Waals surface area contributed by atoms with Crippen LogP contribution in [0.15, 0.2) is 78.9 Å². The van der Waals surface area contributed by atoms with Gasteiger partial charge in [-0.05, 0) is 65.8 Å². The van der Waals surface area contributed by atoms with Gasteiger partial charge in [0, 0.05) is 11.1 Å². The van der Waals surface area contributed by atoms with Crippen molar-refractivity contribution in [2.45, 2.75) is 39.5 Å². The highest BCUT2D eigenvalue weighted by Gasteiger charge is 2.16. The van der Waals surface area contributed by atoms with Gasteiger partial charge in [-0.3, -0.25) is 0 Å². The van der Waals surface area contributed by atoms with Crippen molar-refractivity contribution >= 4 is 0 Å². The summed E-state index contributed by atoms with van der Waals surface area (Å²) in [5.74, 6) is -2.42. The van der Waals surface area contributed by atoms with Gasteiger partial charge in [-0.1, -0.05) is 80.4 Å². The Morgan fingerprint density at radius 1 is 0.600 bits per heavy atom. The summed E-state index contributed by atoms with van der Waals surface area (Å²) in [4.78, 5) is 0. The van der Waals surface area contributed by atoms with Gasteiger partial charge in [0.05, 0.1) is 6.61 Å². The molecule has 0 spiro atoms. The molecular formula is C31H29F3O. The van der Waals surface area contributed by atoms with Crippen LogP contribution in [-0.2, 0) is 6.42 Å². The zero-order valence-electron chi connectivity index (χ0n) is 20.1. The predicted molar refractivity (Wildman–Crippen MR) is 137 cm³/mol. The van der Waals surface area contributed by atoms with E-state index in [1.807, 2.05) is 18.2 Å². The highest BCUT2D eigenvalue weighted by molar-refractivity contribution is 5.74. The van der Waals surface area contributed by atoms with Gasteiger partial charge in [0.15, 0.2) is 11.6 Å². The number of halogens is 3. The Balaban J connectivity index is 1.53. The number of rotatable bonds is 9. The molecule has 4 heteroatoms. The molecule has 0 saturated carbocycles. The molecule has 0 radical (unpaired) electrons. The molecule has 0 atom stereocenters.